The summed E-state index contributed by atoms with van der Waals surface area (Å²) < 4.78 is 0. The van der Waals surface area contributed by atoms with Gasteiger partial charge < -0.3 is 11.1 Å². The molecule has 110 valence electrons. The molecule has 2 aromatic rings. The lowest BCUT2D eigenvalue weighted by atomic mass is 9.79. The summed E-state index contributed by atoms with van der Waals surface area (Å²) >= 11 is 6.15. The Morgan fingerprint density at radius 3 is 2.81 bits per heavy atom. The molecule has 4 nitrogen and oxygen atoms in total. The first-order valence-electron chi connectivity index (χ1n) is 7.27. The number of hydrogen-bond donors (Lipinski definition) is 2. The molecular formula is C16H19ClN4. The van der Waals surface area contributed by atoms with E-state index in [-0.39, 0.29) is 0 Å². The van der Waals surface area contributed by atoms with Crippen molar-refractivity contribution in [3.63, 3.8) is 0 Å². The van der Waals surface area contributed by atoms with Crippen LogP contribution in [0.1, 0.15) is 30.0 Å². The maximum atomic E-state index is 6.15. The molecule has 0 spiro atoms. The van der Waals surface area contributed by atoms with E-state index in [1.807, 2.05) is 30.3 Å². The molecular weight excluding hydrogens is 284 g/mol. The highest BCUT2D eigenvalue weighted by Crippen LogP contribution is 2.34. The quantitative estimate of drug-likeness (QED) is 0.891. The predicted molar refractivity (Wildman–Crippen MR) is 85.6 cm³/mol. The second-order valence-corrected chi connectivity index (χ2v) is 5.93. The molecule has 0 amide bonds. The Balaban J connectivity index is 1.56. The van der Waals surface area contributed by atoms with E-state index in [9.17, 15) is 0 Å². The van der Waals surface area contributed by atoms with Gasteiger partial charge in [0, 0.05) is 35.3 Å². The third-order valence-corrected chi connectivity index (χ3v) is 4.31. The van der Waals surface area contributed by atoms with Gasteiger partial charge in [-0.1, -0.05) is 29.8 Å². The largest absolute Gasteiger partial charge is 0.370 e. The molecule has 0 saturated heterocycles. The SMILES string of the molecule is NC1CC(c2cc(NCCc3ccccc3Cl)ncn2)C1. The summed E-state index contributed by atoms with van der Waals surface area (Å²) in [7, 11) is 0. The van der Waals surface area contributed by atoms with Crippen LogP contribution in [0.15, 0.2) is 36.7 Å². The van der Waals surface area contributed by atoms with Gasteiger partial charge in [-0.15, -0.1) is 0 Å². The van der Waals surface area contributed by atoms with E-state index in [1.54, 1.807) is 6.33 Å². The average Bonchev–Trinajstić information content (AvgIpc) is 2.46. The van der Waals surface area contributed by atoms with Crippen LogP contribution in [0, 0.1) is 0 Å². The molecule has 1 heterocycles. The number of nitrogens with one attached hydrogen (secondary N) is 1. The molecule has 0 atom stereocenters. The van der Waals surface area contributed by atoms with Crippen molar-refractivity contribution in [2.75, 3.05) is 11.9 Å². The Morgan fingerprint density at radius 1 is 1.24 bits per heavy atom. The lowest BCUT2D eigenvalue weighted by Gasteiger charge is -2.31. The zero-order valence-electron chi connectivity index (χ0n) is 11.8. The fourth-order valence-corrected chi connectivity index (χ4v) is 2.85. The highest BCUT2D eigenvalue weighted by atomic mass is 35.5. The van der Waals surface area contributed by atoms with Gasteiger partial charge in [0.15, 0.2) is 0 Å². The van der Waals surface area contributed by atoms with Crippen LogP contribution in [0.25, 0.3) is 0 Å². The first-order chi connectivity index (χ1) is 10.2. The van der Waals surface area contributed by atoms with Gasteiger partial charge in [0.25, 0.3) is 0 Å². The van der Waals surface area contributed by atoms with Crippen LogP contribution >= 0.6 is 11.6 Å². The van der Waals surface area contributed by atoms with Gasteiger partial charge in [-0.05, 0) is 30.9 Å². The minimum Gasteiger partial charge on any atom is -0.370 e. The minimum atomic E-state index is 0.335. The molecule has 3 N–H and O–H groups in total. The van der Waals surface area contributed by atoms with Gasteiger partial charge in [0.1, 0.15) is 12.1 Å². The number of hydrogen-bond acceptors (Lipinski definition) is 4. The van der Waals surface area contributed by atoms with Gasteiger partial charge in [-0.3, -0.25) is 0 Å². The van der Waals surface area contributed by atoms with Crippen LogP contribution in [-0.4, -0.2) is 22.6 Å². The van der Waals surface area contributed by atoms with Gasteiger partial charge in [0.05, 0.1) is 0 Å². The molecule has 5 heteroatoms. The van der Waals surface area contributed by atoms with Crippen molar-refractivity contribution >= 4 is 17.4 Å². The van der Waals surface area contributed by atoms with Crippen molar-refractivity contribution in [3.8, 4) is 0 Å². The van der Waals surface area contributed by atoms with Gasteiger partial charge in [-0.2, -0.15) is 0 Å². The van der Waals surface area contributed by atoms with Crippen molar-refractivity contribution < 1.29 is 0 Å². The zero-order chi connectivity index (χ0) is 14.7. The summed E-state index contributed by atoms with van der Waals surface area (Å²) in [6.45, 7) is 0.796. The summed E-state index contributed by atoms with van der Waals surface area (Å²) in [5, 5.41) is 4.15. The predicted octanol–water partition coefficient (Wildman–Crippen LogP) is 2.99. The summed E-state index contributed by atoms with van der Waals surface area (Å²) in [6, 6.07) is 10.3. The summed E-state index contributed by atoms with van der Waals surface area (Å²) in [4.78, 5) is 8.61. The zero-order valence-corrected chi connectivity index (χ0v) is 12.6. The smallest absolute Gasteiger partial charge is 0.129 e. The molecule has 21 heavy (non-hydrogen) atoms. The van der Waals surface area contributed by atoms with Crippen LogP contribution in [-0.2, 0) is 6.42 Å². The third-order valence-electron chi connectivity index (χ3n) is 3.94. The highest BCUT2D eigenvalue weighted by molar-refractivity contribution is 6.31. The van der Waals surface area contributed by atoms with Crippen LogP contribution in [0.3, 0.4) is 0 Å². The molecule has 1 aliphatic carbocycles. The number of nitrogens with zero attached hydrogens (tertiary/aromatic N) is 2. The maximum Gasteiger partial charge on any atom is 0.129 e. The normalized spacial score (nSPS) is 20.9. The lowest BCUT2D eigenvalue weighted by Crippen LogP contribution is -2.35. The molecule has 1 saturated carbocycles. The van der Waals surface area contributed by atoms with Gasteiger partial charge >= 0.3 is 0 Å². The number of nitrogens with two attached hydrogens (primary N) is 1. The number of aromatic nitrogens is 2. The standard InChI is InChI=1S/C16H19ClN4/c17-14-4-2-1-3-11(14)5-6-19-16-9-15(20-10-21-16)12-7-13(18)8-12/h1-4,9-10,12-13H,5-8,18H2,(H,19,20,21). The fraction of sp³-hybridized carbons (Fsp3) is 0.375. The molecule has 1 fully saturated rings. The second kappa shape index (κ2) is 6.41. The summed E-state index contributed by atoms with van der Waals surface area (Å²) in [6.07, 6.45) is 4.54. The number of rotatable bonds is 5. The first kappa shape index (κ1) is 14.3. The van der Waals surface area contributed by atoms with E-state index in [0.717, 1.165) is 47.9 Å². The minimum absolute atomic E-state index is 0.335. The number of benzene rings is 1. The summed E-state index contributed by atoms with van der Waals surface area (Å²) in [5.74, 6) is 1.36. The van der Waals surface area contributed by atoms with Gasteiger partial charge in [0.2, 0.25) is 0 Å². The second-order valence-electron chi connectivity index (χ2n) is 5.52. The Hall–Kier alpha value is -1.65. The van der Waals surface area contributed by atoms with Crippen molar-refractivity contribution in [2.24, 2.45) is 5.73 Å². The number of anilines is 1. The van der Waals surface area contributed by atoms with Crippen LogP contribution in [0.4, 0.5) is 5.82 Å². The average molecular weight is 303 g/mol. The molecule has 1 aliphatic rings. The van der Waals surface area contributed by atoms with Gasteiger partial charge in [-0.25, -0.2) is 9.97 Å². The molecule has 1 aromatic carbocycles. The molecule has 0 unspecified atom stereocenters. The molecule has 1 aromatic heterocycles. The van der Waals surface area contributed by atoms with Crippen molar-refractivity contribution in [2.45, 2.75) is 31.2 Å². The Kier molecular flexibility index (Phi) is 4.36. The Labute approximate surface area is 129 Å². The first-order valence-corrected chi connectivity index (χ1v) is 7.65. The van der Waals surface area contributed by atoms with Crippen LogP contribution < -0.4 is 11.1 Å². The van der Waals surface area contributed by atoms with Crippen molar-refractivity contribution in [1.82, 2.24) is 9.97 Å². The van der Waals surface area contributed by atoms with E-state index in [0.29, 0.717) is 12.0 Å². The van der Waals surface area contributed by atoms with Crippen LogP contribution in [0.2, 0.25) is 5.02 Å². The fourth-order valence-electron chi connectivity index (χ4n) is 2.62. The Bertz CT molecular complexity index is 611. The van der Waals surface area contributed by atoms with E-state index in [4.69, 9.17) is 17.3 Å². The van der Waals surface area contributed by atoms with Crippen molar-refractivity contribution in [1.29, 1.82) is 0 Å². The van der Waals surface area contributed by atoms with E-state index < -0.39 is 0 Å². The molecule has 3 rings (SSSR count). The van der Waals surface area contributed by atoms with E-state index >= 15 is 0 Å². The van der Waals surface area contributed by atoms with E-state index in [1.165, 1.54) is 0 Å². The topological polar surface area (TPSA) is 63.8 Å². The molecule has 0 radical (unpaired) electrons. The number of halogens is 1. The highest BCUT2D eigenvalue weighted by Gasteiger charge is 2.28. The lowest BCUT2D eigenvalue weighted by molar-refractivity contribution is 0.345. The maximum absolute atomic E-state index is 6.15. The summed E-state index contributed by atoms with van der Waals surface area (Å²) in [5.41, 5.74) is 8.07. The monoisotopic (exact) mass is 302 g/mol. The Morgan fingerprint density at radius 2 is 2.05 bits per heavy atom. The van der Waals surface area contributed by atoms with Crippen molar-refractivity contribution in [3.05, 3.63) is 52.9 Å². The van der Waals surface area contributed by atoms with Crippen LogP contribution in [0.5, 0.6) is 0 Å². The third kappa shape index (κ3) is 3.52. The van der Waals surface area contributed by atoms with E-state index in [2.05, 4.69) is 15.3 Å². The molecule has 0 bridgehead atoms. The molecule has 0 aliphatic heterocycles.